The predicted molar refractivity (Wildman–Crippen MR) is 231 cm³/mol. The van der Waals surface area contributed by atoms with Gasteiger partial charge in [-0.3, -0.25) is 0 Å². The minimum absolute atomic E-state index is 0.181. The molecule has 1 aromatic carbocycles. The minimum atomic E-state index is -2.41. The lowest BCUT2D eigenvalue weighted by atomic mass is 10.0. The van der Waals surface area contributed by atoms with Crippen molar-refractivity contribution in [2.75, 3.05) is 12.4 Å². The highest BCUT2D eigenvalue weighted by molar-refractivity contribution is 7.99. The monoisotopic (exact) mass is 783 g/mol. The highest BCUT2D eigenvalue weighted by Gasteiger charge is 2.60. The first-order valence-electron chi connectivity index (χ1n) is 20.6. The number of hydrogen-bond acceptors (Lipinski definition) is 6. The van der Waals surface area contributed by atoms with Gasteiger partial charge in [-0.05, 0) is 61.2 Å². The van der Waals surface area contributed by atoms with E-state index in [0.717, 1.165) is 5.75 Å². The Morgan fingerprint density at radius 1 is 0.529 bits per heavy atom. The van der Waals surface area contributed by atoms with Crippen LogP contribution in [0, 0.1) is 0 Å². The van der Waals surface area contributed by atoms with Crippen LogP contribution in [0.1, 0.15) is 137 Å². The molecule has 0 saturated carbocycles. The Balaban J connectivity index is 2.99. The summed E-state index contributed by atoms with van der Waals surface area (Å²) < 4.78 is 38.0. The maximum atomic E-state index is 8.11. The molecule has 2 rings (SSSR count). The molecule has 298 valence electrons. The molecule has 0 N–H and O–H groups in total. The number of thioether (sulfide) groups is 1. The minimum Gasteiger partial charge on any atom is -0.408 e. The molecule has 1 saturated heterocycles. The zero-order valence-corrected chi connectivity index (χ0v) is 40.4. The lowest BCUT2D eigenvalue weighted by Gasteiger charge is -2.57. The zero-order valence-electron chi connectivity index (χ0n) is 36.5. The van der Waals surface area contributed by atoms with Crippen LogP contribution in [0.25, 0.3) is 0 Å². The van der Waals surface area contributed by atoms with E-state index >= 15 is 0 Å². The molecule has 0 bridgehead atoms. The Hall–Kier alpha value is 0.0206. The van der Waals surface area contributed by atoms with Crippen LogP contribution in [0.5, 0.6) is 0 Å². The van der Waals surface area contributed by atoms with Crippen LogP contribution >= 0.6 is 11.8 Å². The largest absolute Gasteiger partial charge is 0.408 e. The Labute approximate surface area is 324 Å². The highest BCUT2D eigenvalue weighted by Crippen LogP contribution is 2.51. The average molecular weight is 783 g/mol. The fourth-order valence-electron chi connectivity index (χ4n) is 10.5. The summed E-state index contributed by atoms with van der Waals surface area (Å²) in [6, 6.07) is 10.5. The van der Waals surface area contributed by atoms with Gasteiger partial charge < -0.3 is 22.8 Å². The van der Waals surface area contributed by atoms with Gasteiger partial charge in [0.2, 0.25) is 25.0 Å². The van der Waals surface area contributed by atoms with E-state index in [0.29, 0.717) is 63.1 Å². The van der Waals surface area contributed by atoms with Crippen LogP contribution in [-0.4, -0.2) is 67.2 Å². The molecule has 0 radical (unpaired) electrons. The van der Waals surface area contributed by atoms with Gasteiger partial charge in [0.15, 0.2) is 0 Å². The molecule has 0 unspecified atom stereocenters. The molecular formula is C42H82O5SSi3. The highest BCUT2D eigenvalue weighted by atomic mass is 32.2. The second kappa shape index (κ2) is 20.3. The molecule has 5 atom stereocenters. The van der Waals surface area contributed by atoms with Crippen LogP contribution in [0.4, 0.5) is 0 Å². The molecule has 9 heteroatoms. The standard InChI is InChI=1S/C42H82O5SSi3/c1-20-48-42-41(47-51(34(14)15,35(16)17)36(18)19)40(46-50(31(8)9,32(10)11)33(12)13)39(45-49(28(2)3,29(4)5)30(6)7)38(44-42)27-43-26-37-24-22-21-23-25-37/h21-25,28-36,38-42H,20,26-27H2,1-19H3/t38-,39-,40+,41-,42+/m1/s1. The van der Waals surface area contributed by atoms with Crippen molar-refractivity contribution in [2.24, 2.45) is 0 Å². The van der Waals surface area contributed by atoms with Crippen molar-refractivity contribution < 1.29 is 22.8 Å². The van der Waals surface area contributed by atoms with E-state index in [1.165, 1.54) is 5.56 Å². The number of rotatable bonds is 21. The van der Waals surface area contributed by atoms with Crippen molar-refractivity contribution in [3.8, 4) is 0 Å². The van der Waals surface area contributed by atoms with E-state index in [9.17, 15) is 0 Å². The third-order valence-corrected chi connectivity index (χ3v) is 31.8. The molecule has 0 aliphatic carbocycles. The van der Waals surface area contributed by atoms with Gasteiger partial charge in [0.25, 0.3) is 0 Å². The van der Waals surface area contributed by atoms with Crippen LogP contribution < -0.4 is 0 Å². The first-order valence-corrected chi connectivity index (χ1v) is 28.1. The molecule has 0 aromatic heterocycles. The Bertz CT molecular complexity index is 1060. The lowest BCUT2D eigenvalue weighted by Crippen LogP contribution is -2.69. The summed E-state index contributed by atoms with van der Waals surface area (Å²) in [6.45, 7) is 46.4. The number of benzene rings is 1. The Kier molecular flexibility index (Phi) is 18.7. The summed E-state index contributed by atoms with van der Waals surface area (Å²) >= 11 is 1.87. The van der Waals surface area contributed by atoms with Gasteiger partial charge in [-0.2, -0.15) is 0 Å². The molecule has 1 aliphatic rings. The third-order valence-electron chi connectivity index (χ3n) is 12.5. The molecule has 1 fully saturated rings. The molecule has 51 heavy (non-hydrogen) atoms. The summed E-state index contributed by atoms with van der Waals surface area (Å²) in [7, 11) is -7.18. The van der Waals surface area contributed by atoms with E-state index in [2.05, 4.69) is 162 Å². The molecular weight excluding hydrogens is 701 g/mol. The van der Waals surface area contributed by atoms with Gasteiger partial charge in [0.1, 0.15) is 29.9 Å². The molecule has 0 spiro atoms. The van der Waals surface area contributed by atoms with E-state index in [1.807, 2.05) is 11.8 Å². The second-order valence-corrected chi connectivity index (χ2v) is 35.8. The van der Waals surface area contributed by atoms with Crippen LogP contribution in [0.2, 0.25) is 49.9 Å². The van der Waals surface area contributed by atoms with Gasteiger partial charge in [-0.1, -0.05) is 162 Å². The second-order valence-electron chi connectivity index (χ2n) is 18.2. The van der Waals surface area contributed by atoms with Crippen molar-refractivity contribution in [1.29, 1.82) is 0 Å². The lowest BCUT2D eigenvalue weighted by molar-refractivity contribution is -0.199. The fourth-order valence-corrected chi connectivity index (χ4v) is 28.2. The van der Waals surface area contributed by atoms with Gasteiger partial charge in [-0.25, -0.2) is 0 Å². The SMILES string of the molecule is CCS[C@@H]1O[C@H](COCc2ccccc2)[C@@H](O[Si](C(C)C)(C(C)C)C(C)C)[C@H](O[Si](C(C)C)(C(C)C)C(C)C)[C@H]1O[Si](C(C)C)(C(C)C)C(C)C. The quantitative estimate of drug-likeness (QED) is 0.116. The van der Waals surface area contributed by atoms with E-state index in [4.69, 9.17) is 22.8 Å². The zero-order chi connectivity index (χ0) is 39.1. The van der Waals surface area contributed by atoms with Crippen molar-refractivity contribution in [2.45, 2.75) is 218 Å². The topological polar surface area (TPSA) is 46.2 Å². The Morgan fingerprint density at radius 3 is 1.24 bits per heavy atom. The van der Waals surface area contributed by atoms with Crippen molar-refractivity contribution in [1.82, 2.24) is 0 Å². The maximum Gasteiger partial charge on any atom is 0.201 e. The summed E-state index contributed by atoms with van der Waals surface area (Å²) in [4.78, 5) is 0. The van der Waals surface area contributed by atoms with E-state index in [1.54, 1.807) is 0 Å². The van der Waals surface area contributed by atoms with Crippen molar-refractivity contribution >= 4 is 36.7 Å². The average Bonchev–Trinajstić information content (AvgIpc) is 3.01. The van der Waals surface area contributed by atoms with E-state index < -0.39 is 25.0 Å². The van der Waals surface area contributed by atoms with Gasteiger partial charge in [-0.15, -0.1) is 11.8 Å². The van der Waals surface area contributed by atoms with E-state index in [-0.39, 0.29) is 29.9 Å². The van der Waals surface area contributed by atoms with Crippen LogP contribution in [0.15, 0.2) is 30.3 Å². The first-order chi connectivity index (χ1) is 23.7. The smallest absolute Gasteiger partial charge is 0.201 e. The fraction of sp³-hybridized carbons (Fsp3) is 0.857. The Morgan fingerprint density at radius 2 is 0.882 bits per heavy atom. The molecule has 0 amide bonds. The predicted octanol–water partition coefficient (Wildman–Crippen LogP) is 13.4. The van der Waals surface area contributed by atoms with Crippen LogP contribution in [-0.2, 0) is 29.4 Å². The number of ether oxygens (including phenoxy) is 2. The van der Waals surface area contributed by atoms with Gasteiger partial charge >= 0.3 is 0 Å². The molecule has 1 aliphatic heterocycles. The van der Waals surface area contributed by atoms with Gasteiger partial charge in [0, 0.05) is 0 Å². The summed E-state index contributed by atoms with van der Waals surface area (Å²) in [6.07, 6.45) is -1.10. The molecule has 5 nitrogen and oxygen atoms in total. The third kappa shape index (κ3) is 10.3. The van der Waals surface area contributed by atoms with Gasteiger partial charge in [0.05, 0.1) is 13.2 Å². The van der Waals surface area contributed by atoms with Crippen molar-refractivity contribution in [3.63, 3.8) is 0 Å². The maximum absolute atomic E-state index is 8.11. The normalized spacial score (nSPS) is 22.8. The summed E-state index contributed by atoms with van der Waals surface area (Å²) in [5.41, 5.74) is 4.85. The first kappa shape index (κ1) is 47.2. The summed E-state index contributed by atoms with van der Waals surface area (Å²) in [5, 5.41) is 0. The number of hydrogen-bond donors (Lipinski definition) is 0. The molecule has 1 heterocycles. The molecule has 1 aromatic rings. The van der Waals surface area contributed by atoms with Crippen LogP contribution in [0.3, 0.4) is 0 Å². The van der Waals surface area contributed by atoms with Crippen molar-refractivity contribution in [3.05, 3.63) is 35.9 Å². The summed E-state index contributed by atoms with van der Waals surface area (Å²) in [5.74, 6) is 0.934.